The van der Waals surface area contributed by atoms with Crippen LogP contribution in [0.1, 0.15) is 20.8 Å². The van der Waals surface area contributed by atoms with Crippen LogP contribution in [0.15, 0.2) is 12.4 Å². The van der Waals surface area contributed by atoms with Crippen LogP contribution >= 0.6 is 0 Å². The Morgan fingerprint density at radius 2 is 1.89 bits per heavy atom. The number of hydrogen-bond acceptors (Lipinski definition) is 5. The third-order valence-electron chi connectivity index (χ3n) is 2.55. The highest BCUT2D eigenvalue weighted by Crippen LogP contribution is 2.16. The molecule has 6 nitrogen and oxygen atoms in total. The molecular formula is C12H21N5O. The molecule has 0 bridgehead atoms. The van der Waals surface area contributed by atoms with Crippen LogP contribution in [-0.2, 0) is 4.79 Å². The number of anilines is 2. The number of nitrogens with one attached hydrogen (secondary N) is 3. The normalized spacial score (nSPS) is 10.9. The van der Waals surface area contributed by atoms with Crippen LogP contribution in [0.2, 0.25) is 0 Å². The van der Waals surface area contributed by atoms with Crippen molar-refractivity contribution >= 4 is 17.5 Å². The number of carbonyl (C=O) groups is 1. The van der Waals surface area contributed by atoms with E-state index in [1.165, 1.54) is 0 Å². The van der Waals surface area contributed by atoms with Gasteiger partial charge in [-0.05, 0) is 20.8 Å². The lowest BCUT2D eigenvalue weighted by Gasteiger charge is -2.23. The second-order valence-corrected chi connectivity index (χ2v) is 4.64. The van der Waals surface area contributed by atoms with Crippen molar-refractivity contribution in [3.8, 4) is 0 Å². The van der Waals surface area contributed by atoms with Gasteiger partial charge < -0.3 is 16.0 Å². The van der Waals surface area contributed by atoms with Crippen LogP contribution in [0.5, 0.6) is 0 Å². The first kappa shape index (κ1) is 14.2. The molecule has 3 N–H and O–H groups in total. The maximum Gasteiger partial charge on any atom is 0.227 e. The molecule has 1 aromatic rings. The zero-order chi connectivity index (χ0) is 13.6. The average molecular weight is 251 g/mol. The van der Waals surface area contributed by atoms with Crippen molar-refractivity contribution in [1.29, 1.82) is 0 Å². The second-order valence-electron chi connectivity index (χ2n) is 4.64. The topological polar surface area (TPSA) is 78.9 Å². The molecule has 100 valence electrons. The standard InChI is InChI=1S/C12H21N5O/c1-5-15-9-6-14-7-10(17-9)16-8-12(2,3)11(18)13-4/h6-7H,5,8H2,1-4H3,(H,13,18)(H2,15,16,17). The summed E-state index contributed by atoms with van der Waals surface area (Å²) in [6, 6.07) is 0. The van der Waals surface area contributed by atoms with Gasteiger partial charge >= 0.3 is 0 Å². The molecule has 1 heterocycles. The lowest BCUT2D eigenvalue weighted by Crippen LogP contribution is -2.39. The maximum atomic E-state index is 11.6. The Kier molecular flexibility index (Phi) is 4.88. The highest BCUT2D eigenvalue weighted by molar-refractivity contribution is 5.82. The number of nitrogens with zero attached hydrogens (tertiary/aromatic N) is 2. The molecule has 0 saturated carbocycles. The first-order valence-electron chi connectivity index (χ1n) is 6.01. The molecule has 0 aliphatic carbocycles. The van der Waals surface area contributed by atoms with E-state index in [0.717, 1.165) is 12.4 Å². The molecule has 0 aliphatic heterocycles. The third-order valence-corrected chi connectivity index (χ3v) is 2.55. The predicted molar refractivity (Wildman–Crippen MR) is 72.5 cm³/mol. The van der Waals surface area contributed by atoms with Crippen molar-refractivity contribution in [2.45, 2.75) is 20.8 Å². The van der Waals surface area contributed by atoms with Crippen LogP contribution < -0.4 is 16.0 Å². The highest BCUT2D eigenvalue weighted by Gasteiger charge is 2.26. The molecule has 6 heteroatoms. The lowest BCUT2D eigenvalue weighted by molar-refractivity contribution is -0.128. The summed E-state index contributed by atoms with van der Waals surface area (Å²) in [5.74, 6) is 1.37. The van der Waals surface area contributed by atoms with E-state index in [4.69, 9.17) is 0 Å². The summed E-state index contributed by atoms with van der Waals surface area (Å²) in [6.07, 6.45) is 3.30. The number of carbonyl (C=O) groups excluding carboxylic acids is 1. The maximum absolute atomic E-state index is 11.6. The second kappa shape index (κ2) is 6.18. The van der Waals surface area contributed by atoms with Crippen LogP contribution in [0.3, 0.4) is 0 Å². The van der Waals surface area contributed by atoms with Gasteiger partial charge in [0.1, 0.15) is 11.6 Å². The fourth-order valence-electron chi connectivity index (χ4n) is 1.45. The third kappa shape index (κ3) is 3.87. The van der Waals surface area contributed by atoms with E-state index in [1.54, 1.807) is 19.4 Å². The zero-order valence-electron chi connectivity index (χ0n) is 11.4. The minimum atomic E-state index is -0.495. The molecule has 0 saturated heterocycles. The van der Waals surface area contributed by atoms with Crippen LogP contribution in [0, 0.1) is 5.41 Å². The number of rotatable bonds is 6. The van der Waals surface area contributed by atoms with Gasteiger partial charge in [-0.25, -0.2) is 4.98 Å². The van der Waals surface area contributed by atoms with Gasteiger partial charge in [0.15, 0.2) is 0 Å². The summed E-state index contributed by atoms with van der Waals surface area (Å²) in [5.41, 5.74) is -0.495. The van der Waals surface area contributed by atoms with Gasteiger partial charge in [0, 0.05) is 20.1 Å². The van der Waals surface area contributed by atoms with Crippen molar-refractivity contribution in [2.24, 2.45) is 5.41 Å². The molecule has 1 amide bonds. The minimum absolute atomic E-state index is 0.00852. The van der Waals surface area contributed by atoms with E-state index < -0.39 is 5.41 Å². The summed E-state index contributed by atoms with van der Waals surface area (Å²) < 4.78 is 0. The SMILES string of the molecule is CCNc1cncc(NCC(C)(C)C(=O)NC)n1. The largest absolute Gasteiger partial charge is 0.369 e. The van der Waals surface area contributed by atoms with Crippen molar-refractivity contribution in [3.05, 3.63) is 12.4 Å². The van der Waals surface area contributed by atoms with Crippen molar-refractivity contribution in [2.75, 3.05) is 30.8 Å². The predicted octanol–water partition coefficient (Wildman–Crippen LogP) is 1.09. The first-order valence-corrected chi connectivity index (χ1v) is 6.01. The molecule has 0 fully saturated rings. The monoisotopic (exact) mass is 251 g/mol. The molecule has 0 atom stereocenters. The van der Waals surface area contributed by atoms with Crippen LogP contribution in [-0.4, -0.2) is 36.0 Å². The van der Waals surface area contributed by atoms with Crippen molar-refractivity contribution < 1.29 is 4.79 Å². The van der Waals surface area contributed by atoms with Gasteiger partial charge in [0.05, 0.1) is 17.8 Å². The summed E-state index contributed by atoms with van der Waals surface area (Å²) in [7, 11) is 1.63. The lowest BCUT2D eigenvalue weighted by atomic mass is 9.92. The Labute approximate surface area is 108 Å². The van der Waals surface area contributed by atoms with E-state index in [1.807, 2.05) is 20.8 Å². The molecule has 0 aromatic carbocycles. The Balaban J connectivity index is 2.63. The van der Waals surface area contributed by atoms with E-state index in [9.17, 15) is 4.79 Å². The molecule has 0 aliphatic rings. The van der Waals surface area contributed by atoms with E-state index in [2.05, 4.69) is 25.9 Å². The molecular weight excluding hydrogens is 230 g/mol. The molecule has 0 radical (unpaired) electrons. The Morgan fingerprint density at radius 1 is 1.28 bits per heavy atom. The Hall–Kier alpha value is -1.85. The molecule has 1 rings (SSSR count). The van der Waals surface area contributed by atoms with E-state index >= 15 is 0 Å². The van der Waals surface area contributed by atoms with Gasteiger partial charge in [-0.15, -0.1) is 0 Å². The Bertz CT molecular complexity index is 405. The summed E-state index contributed by atoms with van der Waals surface area (Å²) >= 11 is 0. The van der Waals surface area contributed by atoms with Gasteiger partial charge in [0.25, 0.3) is 0 Å². The quantitative estimate of drug-likeness (QED) is 0.705. The van der Waals surface area contributed by atoms with Gasteiger partial charge in [-0.3, -0.25) is 9.78 Å². The summed E-state index contributed by atoms with van der Waals surface area (Å²) in [6.45, 7) is 7.04. The number of amides is 1. The number of hydrogen-bond donors (Lipinski definition) is 3. The highest BCUT2D eigenvalue weighted by atomic mass is 16.2. The van der Waals surface area contributed by atoms with E-state index in [0.29, 0.717) is 12.4 Å². The van der Waals surface area contributed by atoms with Crippen LogP contribution in [0.25, 0.3) is 0 Å². The summed E-state index contributed by atoms with van der Waals surface area (Å²) in [4.78, 5) is 20.0. The Morgan fingerprint density at radius 3 is 2.44 bits per heavy atom. The molecule has 0 unspecified atom stereocenters. The van der Waals surface area contributed by atoms with Gasteiger partial charge in [-0.1, -0.05) is 0 Å². The zero-order valence-corrected chi connectivity index (χ0v) is 11.4. The fourth-order valence-corrected chi connectivity index (χ4v) is 1.45. The molecule has 18 heavy (non-hydrogen) atoms. The van der Waals surface area contributed by atoms with Crippen LogP contribution in [0.4, 0.5) is 11.6 Å². The minimum Gasteiger partial charge on any atom is -0.369 e. The molecule has 0 spiro atoms. The van der Waals surface area contributed by atoms with E-state index in [-0.39, 0.29) is 5.91 Å². The number of aromatic nitrogens is 2. The average Bonchev–Trinajstić information content (AvgIpc) is 2.36. The van der Waals surface area contributed by atoms with Gasteiger partial charge in [0.2, 0.25) is 5.91 Å². The van der Waals surface area contributed by atoms with Gasteiger partial charge in [-0.2, -0.15) is 0 Å². The van der Waals surface area contributed by atoms with Crippen molar-refractivity contribution in [1.82, 2.24) is 15.3 Å². The smallest absolute Gasteiger partial charge is 0.227 e. The first-order chi connectivity index (χ1) is 8.49. The van der Waals surface area contributed by atoms with Crippen molar-refractivity contribution in [3.63, 3.8) is 0 Å². The fraction of sp³-hybridized carbons (Fsp3) is 0.583. The molecule has 1 aromatic heterocycles. The summed E-state index contributed by atoms with van der Waals surface area (Å²) in [5, 5.41) is 8.86.